The van der Waals surface area contributed by atoms with Gasteiger partial charge in [0.05, 0.1) is 13.2 Å². The van der Waals surface area contributed by atoms with E-state index in [0.29, 0.717) is 19.4 Å². The number of nitrogens with one attached hydrogen (secondary N) is 4. The van der Waals surface area contributed by atoms with Gasteiger partial charge in [-0.1, -0.05) is 74.5 Å². The molecule has 2 aromatic carbocycles. The largest absolute Gasteiger partial charge is 0.468 e. The molecule has 0 bridgehead atoms. The summed E-state index contributed by atoms with van der Waals surface area (Å²) < 4.78 is 4.60. The molecule has 47 heavy (non-hydrogen) atoms. The van der Waals surface area contributed by atoms with Crippen molar-refractivity contribution < 1.29 is 28.7 Å². The van der Waals surface area contributed by atoms with Crippen molar-refractivity contribution in [2.75, 3.05) is 20.2 Å². The van der Waals surface area contributed by atoms with Crippen LogP contribution in [0.1, 0.15) is 50.7 Å². The van der Waals surface area contributed by atoms with Gasteiger partial charge in [0.25, 0.3) is 0 Å². The molecule has 0 aliphatic rings. The number of rotatable bonds is 20. The average molecular weight is 654 g/mol. The summed E-state index contributed by atoms with van der Waals surface area (Å²) in [6.45, 7) is 4.02. The second-order valence-electron chi connectivity index (χ2n) is 12.0. The van der Waals surface area contributed by atoms with E-state index in [-0.39, 0.29) is 38.1 Å². The lowest BCUT2D eigenvalue weighted by molar-refractivity contribution is -0.142. The fraction of sp³-hybridized carbons (Fsp3) is 0.500. The predicted molar refractivity (Wildman–Crippen MR) is 179 cm³/mol. The van der Waals surface area contributed by atoms with Crippen LogP contribution in [0.3, 0.4) is 0 Å². The van der Waals surface area contributed by atoms with Gasteiger partial charge in [-0.15, -0.1) is 0 Å². The summed E-state index contributed by atoms with van der Waals surface area (Å²) in [5.74, 6) is -2.87. The lowest BCUT2D eigenvalue weighted by atomic mass is 9.99. The fourth-order valence-electron chi connectivity index (χ4n) is 4.88. The first-order valence-corrected chi connectivity index (χ1v) is 16.0. The number of benzene rings is 2. The Bertz CT molecular complexity index is 1280. The van der Waals surface area contributed by atoms with Crippen LogP contribution in [0.4, 0.5) is 0 Å². The zero-order valence-corrected chi connectivity index (χ0v) is 27.6. The average Bonchev–Trinajstić information content (AvgIpc) is 3.06. The minimum atomic E-state index is -1.07. The van der Waals surface area contributed by atoms with E-state index in [0.717, 1.165) is 11.1 Å². The van der Waals surface area contributed by atoms with Gasteiger partial charge in [0, 0.05) is 13.0 Å². The summed E-state index contributed by atoms with van der Waals surface area (Å²) >= 11 is 0. The SMILES string of the molecule is COC(=O)C(N)CNC(=O)[C@@H](CCCCN)NC(=O)[C@@H](CC(C)C)NC(=O)[C@@H](Cc1ccccc1)NC(=O)[C@H](N)Cc1ccccc1. The van der Waals surface area contributed by atoms with Crippen LogP contribution in [0, 0.1) is 5.92 Å². The second-order valence-corrected chi connectivity index (χ2v) is 12.0. The van der Waals surface area contributed by atoms with Gasteiger partial charge in [0.2, 0.25) is 23.6 Å². The molecular formula is C34H51N7O6. The van der Waals surface area contributed by atoms with Gasteiger partial charge in [-0.25, -0.2) is 0 Å². The predicted octanol–water partition coefficient (Wildman–Crippen LogP) is 0.0451. The zero-order chi connectivity index (χ0) is 34.8. The summed E-state index contributed by atoms with van der Waals surface area (Å²) in [7, 11) is 1.19. The molecule has 0 aliphatic heterocycles. The summed E-state index contributed by atoms with van der Waals surface area (Å²) in [6.07, 6.45) is 2.16. The van der Waals surface area contributed by atoms with Gasteiger partial charge in [-0.2, -0.15) is 0 Å². The maximum atomic E-state index is 13.8. The highest BCUT2D eigenvalue weighted by atomic mass is 16.5. The Morgan fingerprint density at radius 2 is 1.21 bits per heavy atom. The molecule has 13 nitrogen and oxygen atoms in total. The molecule has 2 rings (SSSR count). The maximum absolute atomic E-state index is 13.8. The minimum absolute atomic E-state index is 0.00456. The van der Waals surface area contributed by atoms with Crippen LogP contribution in [0.25, 0.3) is 0 Å². The molecule has 0 heterocycles. The summed E-state index contributed by atoms with van der Waals surface area (Å²) in [4.78, 5) is 65.3. The van der Waals surface area contributed by atoms with Gasteiger partial charge >= 0.3 is 5.97 Å². The third-order valence-corrected chi connectivity index (χ3v) is 7.47. The first-order chi connectivity index (χ1) is 22.4. The Kier molecular flexibility index (Phi) is 17.1. The molecule has 258 valence electrons. The molecule has 10 N–H and O–H groups in total. The van der Waals surface area contributed by atoms with Crippen LogP contribution in [0.2, 0.25) is 0 Å². The van der Waals surface area contributed by atoms with Gasteiger partial charge < -0.3 is 43.2 Å². The molecule has 0 aromatic heterocycles. The van der Waals surface area contributed by atoms with Crippen LogP contribution < -0.4 is 38.5 Å². The molecule has 0 spiro atoms. The molecule has 1 unspecified atom stereocenters. The van der Waals surface area contributed by atoms with Crippen molar-refractivity contribution in [3.63, 3.8) is 0 Å². The maximum Gasteiger partial charge on any atom is 0.324 e. The second kappa shape index (κ2) is 20.7. The van der Waals surface area contributed by atoms with Crippen molar-refractivity contribution in [3.8, 4) is 0 Å². The van der Waals surface area contributed by atoms with E-state index in [9.17, 15) is 24.0 Å². The molecule has 0 saturated heterocycles. The quantitative estimate of drug-likeness (QED) is 0.0757. The molecule has 13 heteroatoms. The number of amides is 4. The molecule has 2 aromatic rings. The van der Waals surface area contributed by atoms with E-state index in [2.05, 4.69) is 26.0 Å². The number of methoxy groups -OCH3 is 1. The van der Waals surface area contributed by atoms with E-state index in [4.69, 9.17) is 17.2 Å². The molecule has 0 radical (unpaired) electrons. The first-order valence-electron chi connectivity index (χ1n) is 16.0. The number of hydrogen-bond acceptors (Lipinski definition) is 9. The van der Waals surface area contributed by atoms with Crippen molar-refractivity contribution in [2.24, 2.45) is 23.1 Å². The van der Waals surface area contributed by atoms with Gasteiger partial charge in [-0.3, -0.25) is 24.0 Å². The van der Waals surface area contributed by atoms with E-state index < -0.39 is 59.8 Å². The third kappa shape index (κ3) is 14.3. The van der Waals surface area contributed by atoms with Crippen LogP contribution in [-0.4, -0.2) is 80.0 Å². The lowest BCUT2D eigenvalue weighted by Gasteiger charge is -2.27. The summed E-state index contributed by atoms with van der Waals surface area (Å²) in [6, 6.07) is 13.5. The lowest BCUT2D eigenvalue weighted by Crippen LogP contribution is -2.59. The van der Waals surface area contributed by atoms with Crippen molar-refractivity contribution >= 4 is 29.6 Å². The highest BCUT2D eigenvalue weighted by Gasteiger charge is 2.31. The van der Waals surface area contributed by atoms with Gasteiger partial charge in [0.15, 0.2) is 0 Å². The Morgan fingerprint density at radius 1 is 0.681 bits per heavy atom. The minimum Gasteiger partial charge on any atom is -0.468 e. The van der Waals surface area contributed by atoms with Crippen molar-refractivity contribution in [1.82, 2.24) is 21.3 Å². The third-order valence-electron chi connectivity index (χ3n) is 7.47. The zero-order valence-electron chi connectivity index (χ0n) is 27.6. The molecule has 5 atom stereocenters. The normalized spacial score (nSPS) is 14.2. The van der Waals surface area contributed by atoms with E-state index in [1.54, 1.807) is 0 Å². The smallest absolute Gasteiger partial charge is 0.324 e. The molecule has 0 aliphatic carbocycles. The number of unbranched alkanes of at least 4 members (excludes halogenated alkanes) is 1. The summed E-state index contributed by atoms with van der Waals surface area (Å²) in [5.41, 5.74) is 19.3. The molecule has 0 fully saturated rings. The molecule has 4 amide bonds. The van der Waals surface area contributed by atoms with E-state index in [1.165, 1.54) is 7.11 Å². The Hall–Kier alpha value is -4.33. The van der Waals surface area contributed by atoms with Crippen molar-refractivity contribution in [2.45, 2.75) is 82.6 Å². The number of hydrogen-bond donors (Lipinski definition) is 7. The van der Waals surface area contributed by atoms with E-state index >= 15 is 0 Å². The number of esters is 1. The topological polar surface area (TPSA) is 221 Å². The molecular weight excluding hydrogens is 602 g/mol. The Labute approximate surface area is 277 Å². The van der Waals surface area contributed by atoms with E-state index in [1.807, 2.05) is 74.5 Å². The monoisotopic (exact) mass is 653 g/mol. The van der Waals surface area contributed by atoms with Crippen LogP contribution in [-0.2, 0) is 41.6 Å². The summed E-state index contributed by atoms with van der Waals surface area (Å²) in [5, 5.41) is 10.9. The fourth-order valence-corrected chi connectivity index (χ4v) is 4.88. The van der Waals surface area contributed by atoms with Crippen LogP contribution >= 0.6 is 0 Å². The highest BCUT2D eigenvalue weighted by molar-refractivity contribution is 5.95. The number of carbonyl (C=O) groups excluding carboxylic acids is 5. The number of ether oxygens (including phenoxy) is 1. The first kappa shape index (κ1) is 38.9. The number of carbonyl (C=O) groups is 5. The van der Waals surface area contributed by atoms with Crippen molar-refractivity contribution in [1.29, 1.82) is 0 Å². The Balaban J connectivity index is 2.22. The van der Waals surface area contributed by atoms with Crippen LogP contribution in [0.15, 0.2) is 60.7 Å². The standard InChI is InChI=1S/C34H51N7O6/c1-22(2)18-28(32(44)39-27(16-10-11-17-35)31(43)38-21-26(37)34(46)47-3)41-33(45)29(20-24-14-8-5-9-15-24)40-30(42)25(36)19-23-12-6-4-7-13-23/h4-9,12-15,22,25-29H,10-11,16-21,35-37H2,1-3H3,(H,38,43)(H,39,44)(H,40,42)(H,41,45)/t25-,26?,27-,28-,29-/m1/s1. The van der Waals surface area contributed by atoms with Gasteiger partial charge in [-0.05, 0) is 55.7 Å². The highest BCUT2D eigenvalue weighted by Crippen LogP contribution is 2.10. The van der Waals surface area contributed by atoms with Gasteiger partial charge in [0.1, 0.15) is 24.2 Å². The van der Waals surface area contributed by atoms with Crippen LogP contribution in [0.5, 0.6) is 0 Å². The van der Waals surface area contributed by atoms with Crippen molar-refractivity contribution in [3.05, 3.63) is 71.8 Å². The Morgan fingerprint density at radius 3 is 1.77 bits per heavy atom. The number of nitrogens with two attached hydrogens (primary N) is 3. The molecule has 0 saturated carbocycles.